The van der Waals surface area contributed by atoms with Crippen LogP contribution in [0.1, 0.15) is 19.4 Å². The van der Waals surface area contributed by atoms with Crippen molar-refractivity contribution < 1.29 is 22.1 Å². The Bertz CT molecular complexity index is 504. The van der Waals surface area contributed by atoms with Crippen molar-refractivity contribution in [1.82, 2.24) is 0 Å². The SMILES string of the molecule is CCOC(=O)C(C)S(=O)(=O)Oc1ccc(C)cc1. The van der Waals surface area contributed by atoms with Gasteiger partial charge in [-0.1, -0.05) is 17.7 Å². The second-order valence-corrected chi connectivity index (χ2v) is 5.64. The van der Waals surface area contributed by atoms with Gasteiger partial charge in [0.05, 0.1) is 6.61 Å². The Morgan fingerprint density at radius 3 is 2.33 bits per heavy atom. The van der Waals surface area contributed by atoms with Crippen LogP contribution in [0, 0.1) is 6.92 Å². The summed E-state index contributed by atoms with van der Waals surface area (Å²) in [7, 11) is -4.02. The third-order valence-corrected chi connectivity index (χ3v) is 3.77. The second-order valence-electron chi connectivity index (χ2n) is 3.78. The molecule has 1 aromatic rings. The van der Waals surface area contributed by atoms with Gasteiger partial charge in [0.1, 0.15) is 5.75 Å². The Labute approximate surface area is 107 Å². The summed E-state index contributed by atoms with van der Waals surface area (Å²) in [6, 6.07) is 6.51. The molecule has 1 rings (SSSR count). The number of esters is 1. The van der Waals surface area contributed by atoms with E-state index in [9.17, 15) is 13.2 Å². The first-order valence-corrected chi connectivity index (χ1v) is 7.00. The van der Waals surface area contributed by atoms with Gasteiger partial charge in [-0.15, -0.1) is 0 Å². The molecular weight excluding hydrogens is 256 g/mol. The van der Waals surface area contributed by atoms with E-state index in [2.05, 4.69) is 4.74 Å². The van der Waals surface area contributed by atoms with Crippen molar-refractivity contribution in [1.29, 1.82) is 0 Å². The standard InChI is InChI=1S/C12H16O5S/c1-4-16-12(13)10(3)18(14,15)17-11-7-5-9(2)6-8-11/h5-8,10H,4H2,1-3H3. The van der Waals surface area contributed by atoms with Gasteiger partial charge in [-0.05, 0) is 32.9 Å². The molecule has 0 aliphatic rings. The Hall–Kier alpha value is -1.56. The van der Waals surface area contributed by atoms with Gasteiger partial charge in [-0.2, -0.15) is 8.42 Å². The number of hydrogen-bond acceptors (Lipinski definition) is 5. The van der Waals surface area contributed by atoms with Gasteiger partial charge in [0.25, 0.3) is 0 Å². The highest BCUT2D eigenvalue weighted by Gasteiger charge is 2.31. The van der Waals surface area contributed by atoms with Gasteiger partial charge < -0.3 is 8.92 Å². The largest absolute Gasteiger partial charge is 0.465 e. The quantitative estimate of drug-likeness (QED) is 0.602. The van der Waals surface area contributed by atoms with Crippen LogP contribution in [0.25, 0.3) is 0 Å². The molecule has 0 spiro atoms. The first-order chi connectivity index (χ1) is 8.36. The molecule has 0 radical (unpaired) electrons. The van der Waals surface area contributed by atoms with E-state index in [1.54, 1.807) is 19.1 Å². The van der Waals surface area contributed by atoms with Crippen molar-refractivity contribution in [3.8, 4) is 5.75 Å². The average Bonchev–Trinajstić information content (AvgIpc) is 2.31. The number of hydrogen-bond donors (Lipinski definition) is 0. The third kappa shape index (κ3) is 3.73. The minimum Gasteiger partial charge on any atom is -0.465 e. The van der Waals surface area contributed by atoms with E-state index in [1.807, 2.05) is 6.92 Å². The van der Waals surface area contributed by atoms with Gasteiger partial charge in [-0.25, -0.2) is 0 Å². The molecule has 5 nitrogen and oxygen atoms in total. The Kier molecular flexibility index (Phi) is 4.72. The first kappa shape index (κ1) is 14.5. The van der Waals surface area contributed by atoms with Crippen LogP contribution >= 0.6 is 0 Å². The molecule has 0 saturated heterocycles. The van der Waals surface area contributed by atoms with Crippen molar-refractivity contribution in [3.63, 3.8) is 0 Å². The molecule has 0 bridgehead atoms. The zero-order chi connectivity index (χ0) is 13.8. The molecule has 1 atom stereocenters. The maximum Gasteiger partial charge on any atom is 0.327 e. The van der Waals surface area contributed by atoms with Gasteiger partial charge in [0, 0.05) is 0 Å². The number of carbonyl (C=O) groups is 1. The van der Waals surface area contributed by atoms with Gasteiger partial charge in [0.2, 0.25) is 0 Å². The highest BCUT2D eigenvalue weighted by Crippen LogP contribution is 2.16. The molecule has 0 aliphatic carbocycles. The van der Waals surface area contributed by atoms with Crippen molar-refractivity contribution >= 4 is 16.1 Å². The van der Waals surface area contributed by atoms with Crippen LogP contribution in [-0.4, -0.2) is 26.2 Å². The van der Waals surface area contributed by atoms with Crippen molar-refractivity contribution in [2.75, 3.05) is 6.61 Å². The third-order valence-electron chi connectivity index (χ3n) is 2.28. The number of rotatable bonds is 5. The van der Waals surface area contributed by atoms with Crippen LogP contribution in [0.3, 0.4) is 0 Å². The fraction of sp³-hybridized carbons (Fsp3) is 0.417. The molecule has 1 aromatic carbocycles. The smallest absolute Gasteiger partial charge is 0.327 e. The normalized spacial score (nSPS) is 12.8. The molecule has 100 valence electrons. The topological polar surface area (TPSA) is 69.7 Å². The summed E-state index contributed by atoms with van der Waals surface area (Å²) in [6.45, 7) is 4.85. The predicted molar refractivity (Wildman–Crippen MR) is 66.8 cm³/mol. The number of aryl methyl sites for hydroxylation is 1. The Balaban J connectivity index is 2.81. The van der Waals surface area contributed by atoms with Crippen molar-refractivity contribution in [2.24, 2.45) is 0 Å². The average molecular weight is 272 g/mol. The molecule has 0 heterocycles. The lowest BCUT2D eigenvalue weighted by molar-refractivity contribution is -0.142. The molecule has 1 unspecified atom stereocenters. The van der Waals surface area contributed by atoms with E-state index in [-0.39, 0.29) is 12.4 Å². The van der Waals surface area contributed by atoms with Crippen LogP contribution in [0.15, 0.2) is 24.3 Å². The summed E-state index contributed by atoms with van der Waals surface area (Å²) in [4.78, 5) is 11.4. The van der Waals surface area contributed by atoms with E-state index >= 15 is 0 Å². The zero-order valence-corrected chi connectivity index (χ0v) is 11.4. The lowest BCUT2D eigenvalue weighted by Gasteiger charge is -2.12. The maximum atomic E-state index is 11.8. The molecule has 0 N–H and O–H groups in total. The minimum atomic E-state index is -4.02. The monoisotopic (exact) mass is 272 g/mol. The highest BCUT2D eigenvalue weighted by atomic mass is 32.2. The highest BCUT2D eigenvalue weighted by molar-refractivity contribution is 7.88. The molecule has 18 heavy (non-hydrogen) atoms. The van der Waals surface area contributed by atoms with E-state index in [0.29, 0.717) is 0 Å². The van der Waals surface area contributed by atoms with Crippen LogP contribution in [0.5, 0.6) is 5.75 Å². The zero-order valence-electron chi connectivity index (χ0n) is 10.5. The molecule has 6 heteroatoms. The first-order valence-electron chi connectivity index (χ1n) is 5.53. The summed E-state index contributed by atoms with van der Waals surface area (Å²) in [5, 5.41) is -1.35. The number of benzene rings is 1. The lowest BCUT2D eigenvalue weighted by atomic mass is 10.2. The summed E-state index contributed by atoms with van der Waals surface area (Å²) in [5.74, 6) is -0.638. The lowest BCUT2D eigenvalue weighted by Crippen LogP contribution is -2.32. The van der Waals surface area contributed by atoms with Gasteiger partial charge in [-0.3, -0.25) is 4.79 Å². The summed E-state index contributed by atoms with van der Waals surface area (Å²) in [5.41, 5.74) is 0.984. The molecule has 0 amide bonds. The van der Waals surface area contributed by atoms with Crippen molar-refractivity contribution in [2.45, 2.75) is 26.0 Å². The maximum absolute atomic E-state index is 11.8. The molecule has 0 aromatic heterocycles. The summed E-state index contributed by atoms with van der Waals surface area (Å²) >= 11 is 0. The van der Waals surface area contributed by atoms with E-state index in [1.165, 1.54) is 19.1 Å². The van der Waals surface area contributed by atoms with Gasteiger partial charge >= 0.3 is 16.1 Å². The van der Waals surface area contributed by atoms with Crippen molar-refractivity contribution in [3.05, 3.63) is 29.8 Å². The van der Waals surface area contributed by atoms with E-state index in [4.69, 9.17) is 4.18 Å². The Morgan fingerprint density at radius 2 is 1.83 bits per heavy atom. The fourth-order valence-electron chi connectivity index (χ4n) is 1.18. The van der Waals surface area contributed by atoms with Gasteiger partial charge in [0.15, 0.2) is 5.25 Å². The molecule has 0 fully saturated rings. The van der Waals surface area contributed by atoms with Crippen LogP contribution in [-0.2, 0) is 19.6 Å². The summed E-state index contributed by atoms with van der Waals surface area (Å²) < 4.78 is 33.1. The Morgan fingerprint density at radius 1 is 1.28 bits per heavy atom. The molecule has 0 aliphatic heterocycles. The number of ether oxygens (including phenoxy) is 1. The molecule has 0 saturated carbocycles. The van der Waals surface area contributed by atoms with Crippen LogP contribution < -0.4 is 4.18 Å². The molecular formula is C12H16O5S. The van der Waals surface area contributed by atoms with Crippen LogP contribution in [0.2, 0.25) is 0 Å². The predicted octanol–water partition coefficient (Wildman–Crippen LogP) is 1.66. The van der Waals surface area contributed by atoms with Crippen LogP contribution in [0.4, 0.5) is 0 Å². The minimum absolute atomic E-state index is 0.128. The summed E-state index contributed by atoms with van der Waals surface area (Å²) in [6.07, 6.45) is 0. The number of carbonyl (C=O) groups excluding carboxylic acids is 1. The fourth-order valence-corrected chi connectivity index (χ4v) is 2.01. The van der Waals surface area contributed by atoms with E-state index in [0.717, 1.165) is 5.56 Å². The second kappa shape index (κ2) is 5.86. The van der Waals surface area contributed by atoms with E-state index < -0.39 is 21.3 Å².